The van der Waals surface area contributed by atoms with Crippen LogP contribution in [0.1, 0.15) is 399 Å². The molecule has 1 N–H and O–H groups in total. The van der Waals surface area contributed by atoms with Gasteiger partial charge >= 0.3 is 17.9 Å². The van der Waals surface area contributed by atoms with Crippen LogP contribution in [0.25, 0.3) is 0 Å². The average molecular weight is 1260 g/mol. The minimum Gasteiger partial charge on any atom is -0.477 e. The number of carbonyl (C=O) groups is 3. The van der Waals surface area contributed by atoms with Crippen molar-refractivity contribution in [2.75, 3.05) is 47.5 Å². The summed E-state index contributed by atoms with van der Waals surface area (Å²) in [6, 6.07) is 0. The fourth-order valence-electron chi connectivity index (χ4n) is 11.9. The van der Waals surface area contributed by atoms with Crippen molar-refractivity contribution < 1.29 is 42.9 Å². The van der Waals surface area contributed by atoms with E-state index in [2.05, 4.69) is 50.3 Å². The Hall–Kier alpha value is -2.49. The molecule has 0 saturated heterocycles. The maximum absolute atomic E-state index is 13.0. The zero-order valence-electron chi connectivity index (χ0n) is 60.1. The molecule has 0 aromatic rings. The number of carboxylic acid groups (broad SMARTS) is 1. The fraction of sp³-hybridized carbons (Fsp3) is 0.887. The summed E-state index contributed by atoms with van der Waals surface area (Å²) in [5.74, 6) is -1.97. The van der Waals surface area contributed by atoms with E-state index in [1.165, 1.54) is 321 Å². The molecule has 0 aromatic carbocycles. The molecule has 0 aromatic heterocycles. The van der Waals surface area contributed by atoms with E-state index < -0.39 is 18.4 Å². The van der Waals surface area contributed by atoms with Crippen molar-refractivity contribution in [3.8, 4) is 0 Å². The number of quaternary nitrogens is 1. The lowest BCUT2D eigenvalue weighted by Gasteiger charge is -2.25. The molecule has 0 saturated carbocycles. The number of esters is 2. The quantitative estimate of drug-likeness (QED) is 0.0211. The van der Waals surface area contributed by atoms with Crippen LogP contribution in [0.15, 0.2) is 36.5 Å². The van der Waals surface area contributed by atoms with E-state index >= 15 is 0 Å². The third-order valence-corrected chi connectivity index (χ3v) is 17.9. The fourth-order valence-corrected chi connectivity index (χ4v) is 11.9. The van der Waals surface area contributed by atoms with Gasteiger partial charge < -0.3 is 28.5 Å². The SMILES string of the molecule is CCCCCCC/C=C\C/C=C\C/C=C\CCCCCCCCCCCCCCCCCCCCCCCCCCC(=O)OC(COC(=O)CCCCCCCCCCCCCCCCCCCCCCCCCCC)COC(OCC[N+](C)(C)C)C(=O)O. The molecule has 0 heterocycles. The van der Waals surface area contributed by atoms with Gasteiger partial charge in [0.2, 0.25) is 0 Å². The maximum Gasteiger partial charge on any atom is 0.361 e. The number of unbranched alkanes of at least 4 members (excludes halogenated alkanes) is 53. The lowest BCUT2D eigenvalue weighted by Crippen LogP contribution is -2.40. The average Bonchev–Trinajstić information content (AvgIpc) is 3.64. The molecule has 0 spiro atoms. The Kier molecular flexibility index (Phi) is 69.4. The van der Waals surface area contributed by atoms with E-state index in [-0.39, 0.29) is 38.2 Å². The van der Waals surface area contributed by atoms with Gasteiger partial charge in [-0.2, -0.15) is 0 Å². The van der Waals surface area contributed by atoms with Gasteiger partial charge in [0.25, 0.3) is 6.29 Å². The van der Waals surface area contributed by atoms with E-state index in [0.29, 0.717) is 17.4 Å². The van der Waals surface area contributed by atoms with Crippen molar-refractivity contribution >= 4 is 17.9 Å². The number of nitrogens with zero attached hydrogens (tertiary/aromatic N) is 1. The molecule has 0 bridgehead atoms. The number of hydrogen-bond donors (Lipinski definition) is 1. The van der Waals surface area contributed by atoms with E-state index in [1.54, 1.807) is 0 Å². The van der Waals surface area contributed by atoms with Crippen molar-refractivity contribution in [3.05, 3.63) is 36.5 Å². The standard InChI is InChI=1S/C80H151NO8/c1-6-8-10-12-14-16-18-20-22-24-26-28-30-32-33-34-35-36-37-38-39-40-41-42-43-44-45-47-49-51-53-55-57-59-61-63-65-67-69-71-78(83)89-76(75-88-80(79(84)85)86-73-72-81(3,4)5)74-87-77(82)70-68-66-64-62-60-58-56-54-52-50-48-46-31-29-27-25-23-21-19-17-15-13-11-9-7-2/h18,20,24,26,30,32,76,80H,6-17,19,21-23,25,27-29,31,33-75H2,1-5H3/p+1/b20-18-,26-24-,32-30-. The minimum atomic E-state index is -1.51. The Morgan fingerprint density at radius 1 is 0.337 bits per heavy atom. The summed E-state index contributed by atoms with van der Waals surface area (Å²) in [6.07, 6.45) is 88.7. The Bertz CT molecular complexity index is 1550. The number of aliphatic carboxylic acids is 1. The van der Waals surface area contributed by atoms with Crippen LogP contribution in [0.2, 0.25) is 0 Å². The van der Waals surface area contributed by atoms with Crippen LogP contribution >= 0.6 is 0 Å². The number of carboxylic acids is 1. The molecule has 0 aliphatic carbocycles. The van der Waals surface area contributed by atoms with Crippen molar-refractivity contribution in [3.63, 3.8) is 0 Å². The predicted octanol–water partition coefficient (Wildman–Crippen LogP) is 24.7. The Labute approximate surface area is 553 Å². The molecular formula is C80H152NO8+. The van der Waals surface area contributed by atoms with E-state index in [9.17, 15) is 19.5 Å². The largest absolute Gasteiger partial charge is 0.477 e. The second-order valence-electron chi connectivity index (χ2n) is 28.0. The summed E-state index contributed by atoms with van der Waals surface area (Å²) in [4.78, 5) is 37.7. The molecule has 0 aliphatic rings. The lowest BCUT2D eigenvalue weighted by atomic mass is 10.0. The first kappa shape index (κ1) is 86.5. The van der Waals surface area contributed by atoms with Crippen LogP contribution in [0.3, 0.4) is 0 Å². The number of ether oxygens (including phenoxy) is 4. The highest BCUT2D eigenvalue weighted by molar-refractivity contribution is 5.71. The Morgan fingerprint density at radius 3 is 0.899 bits per heavy atom. The second kappa shape index (κ2) is 71.4. The van der Waals surface area contributed by atoms with Gasteiger partial charge in [0, 0.05) is 12.8 Å². The first-order valence-corrected chi connectivity index (χ1v) is 39.2. The zero-order chi connectivity index (χ0) is 64.7. The van der Waals surface area contributed by atoms with Gasteiger partial charge in [-0.15, -0.1) is 0 Å². The number of likely N-dealkylation sites (N-methyl/N-ethyl adjacent to an activating group) is 1. The first-order valence-electron chi connectivity index (χ1n) is 39.2. The topological polar surface area (TPSA) is 108 Å². The highest BCUT2D eigenvalue weighted by Gasteiger charge is 2.25. The smallest absolute Gasteiger partial charge is 0.361 e. The third kappa shape index (κ3) is 72.8. The molecular weight excluding hydrogens is 1100 g/mol. The van der Waals surface area contributed by atoms with Crippen molar-refractivity contribution in [1.82, 2.24) is 0 Å². The summed E-state index contributed by atoms with van der Waals surface area (Å²) in [5, 5.41) is 9.76. The van der Waals surface area contributed by atoms with Gasteiger partial charge in [0.1, 0.15) is 13.2 Å². The third-order valence-electron chi connectivity index (χ3n) is 17.9. The molecule has 2 unspecified atom stereocenters. The first-order chi connectivity index (χ1) is 43.6. The molecule has 524 valence electrons. The molecule has 0 radical (unpaired) electrons. The highest BCUT2D eigenvalue weighted by atomic mass is 16.7. The maximum atomic E-state index is 13.0. The van der Waals surface area contributed by atoms with Gasteiger partial charge in [-0.1, -0.05) is 371 Å². The van der Waals surface area contributed by atoms with Gasteiger partial charge in [0.15, 0.2) is 6.10 Å². The number of carbonyl (C=O) groups excluding carboxylic acids is 2. The minimum absolute atomic E-state index is 0.174. The van der Waals surface area contributed by atoms with Gasteiger partial charge in [-0.3, -0.25) is 9.59 Å². The molecule has 2 atom stereocenters. The molecule has 0 rings (SSSR count). The molecule has 0 fully saturated rings. The molecule has 9 nitrogen and oxygen atoms in total. The van der Waals surface area contributed by atoms with E-state index in [4.69, 9.17) is 18.9 Å². The molecule has 0 aliphatic heterocycles. The predicted molar refractivity (Wildman–Crippen MR) is 383 cm³/mol. The summed E-state index contributed by atoms with van der Waals surface area (Å²) in [7, 11) is 6.00. The summed E-state index contributed by atoms with van der Waals surface area (Å²) >= 11 is 0. The molecule has 9 heteroatoms. The van der Waals surface area contributed by atoms with Crippen LogP contribution in [-0.2, 0) is 33.3 Å². The summed E-state index contributed by atoms with van der Waals surface area (Å²) in [5.41, 5.74) is 0. The van der Waals surface area contributed by atoms with Crippen molar-refractivity contribution in [2.24, 2.45) is 0 Å². The summed E-state index contributed by atoms with van der Waals surface area (Å²) in [6.45, 7) is 4.95. The van der Waals surface area contributed by atoms with Gasteiger partial charge in [-0.25, -0.2) is 4.79 Å². The van der Waals surface area contributed by atoms with Crippen molar-refractivity contribution in [2.45, 2.75) is 411 Å². The zero-order valence-corrected chi connectivity index (χ0v) is 60.1. The van der Waals surface area contributed by atoms with Crippen molar-refractivity contribution in [1.29, 1.82) is 0 Å². The van der Waals surface area contributed by atoms with Crippen LogP contribution in [-0.4, -0.2) is 87.4 Å². The highest BCUT2D eigenvalue weighted by Crippen LogP contribution is 2.20. The second-order valence-corrected chi connectivity index (χ2v) is 28.0. The lowest BCUT2D eigenvalue weighted by molar-refractivity contribution is -0.870. The van der Waals surface area contributed by atoms with Crippen LogP contribution in [0.4, 0.5) is 0 Å². The van der Waals surface area contributed by atoms with Gasteiger partial charge in [-0.05, 0) is 51.4 Å². The molecule has 0 amide bonds. The van der Waals surface area contributed by atoms with E-state index in [1.807, 2.05) is 21.1 Å². The normalized spacial score (nSPS) is 12.8. The Morgan fingerprint density at radius 2 is 0.607 bits per heavy atom. The van der Waals surface area contributed by atoms with Crippen LogP contribution in [0, 0.1) is 0 Å². The molecule has 89 heavy (non-hydrogen) atoms. The number of hydrogen-bond acceptors (Lipinski definition) is 7. The summed E-state index contributed by atoms with van der Waals surface area (Å²) < 4.78 is 23.0. The number of allylic oxidation sites excluding steroid dienone is 6. The van der Waals surface area contributed by atoms with Crippen LogP contribution < -0.4 is 0 Å². The van der Waals surface area contributed by atoms with Gasteiger partial charge in [0.05, 0.1) is 34.4 Å². The number of rotatable bonds is 74. The Balaban J connectivity index is 3.96. The van der Waals surface area contributed by atoms with Crippen LogP contribution in [0.5, 0.6) is 0 Å². The monoisotopic (exact) mass is 1260 g/mol. The van der Waals surface area contributed by atoms with E-state index in [0.717, 1.165) is 51.4 Å².